The number of carbonyl (C=O) groups excluding carboxylic acids is 1. The number of nitriles is 1. The molecule has 1 aliphatic rings. The quantitative estimate of drug-likeness (QED) is 0.607. The number of rotatable bonds is 5. The molecule has 1 aromatic carbocycles. The number of piperidine rings is 1. The lowest BCUT2D eigenvalue weighted by Crippen LogP contribution is -2.45. The van der Waals surface area contributed by atoms with Gasteiger partial charge in [0.1, 0.15) is 21.5 Å². The number of hydrazine groups is 1. The van der Waals surface area contributed by atoms with Crippen LogP contribution in [0.5, 0.6) is 0 Å². The zero-order valence-corrected chi connectivity index (χ0v) is 17.4. The van der Waals surface area contributed by atoms with E-state index in [1.807, 2.05) is 29.6 Å². The number of anilines is 2. The highest BCUT2D eigenvalue weighted by atomic mass is 32.1. The van der Waals surface area contributed by atoms with E-state index in [9.17, 15) is 10.1 Å². The van der Waals surface area contributed by atoms with Gasteiger partial charge in [-0.25, -0.2) is 5.01 Å². The fraction of sp³-hybridized carbons (Fsp3) is 0.333. The van der Waals surface area contributed by atoms with E-state index in [1.54, 1.807) is 11.3 Å². The van der Waals surface area contributed by atoms with Crippen LogP contribution in [-0.4, -0.2) is 30.4 Å². The smallest absolute Gasteiger partial charge is 0.206 e. The maximum absolute atomic E-state index is 13.3. The molecular formula is C21H22N4OS2. The molecular weight excluding hydrogens is 388 g/mol. The normalized spacial score (nSPS) is 14.9. The highest BCUT2D eigenvalue weighted by Crippen LogP contribution is 2.41. The fourth-order valence-electron chi connectivity index (χ4n) is 3.76. The number of nitrogen functional groups attached to an aromatic ring is 1. The van der Waals surface area contributed by atoms with E-state index in [2.05, 4.69) is 23.0 Å². The van der Waals surface area contributed by atoms with Gasteiger partial charge >= 0.3 is 0 Å². The van der Waals surface area contributed by atoms with Crippen molar-refractivity contribution in [3.63, 3.8) is 0 Å². The average Bonchev–Trinajstić information content (AvgIpc) is 3.30. The largest absolute Gasteiger partial charge is 0.396 e. The molecule has 7 heteroatoms. The van der Waals surface area contributed by atoms with E-state index in [0.717, 1.165) is 47.6 Å². The summed E-state index contributed by atoms with van der Waals surface area (Å²) in [6.07, 6.45) is 3.53. The molecule has 0 saturated carbocycles. The van der Waals surface area contributed by atoms with Gasteiger partial charge in [0, 0.05) is 40.7 Å². The zero-order chi connectivity index (χ0) is 19.7. The van der Waals surface area contributed by atoms with E-state index in [1.165, 1.54) is 17.8 Å². The topological polar surface area (TPSA) is 73.4 Å². The molecule has 0 spiro atoms. The number of fused-ring (bicyclic) bond motifs is 1. The summed E-state index contributed by atoms with van der Waals surface area (Å²) >= 11 is 2.90. The lowest BCUT2D eigenvalue weighted by Gasteiger charge is -2.37. The van der Waals surface area contributed by atoms with Crippen molar-refractivity contribution in [1.82, 2.24) is 5.01 Å². The van der Waals surface area contributed by atoms with E-state index in [0.29, 0.717) is 21.7 Å². The van der Waals surface area contributed by atoms with Crippen molar-refractivity contribution in [2.24, 2.45) is 0 Å². The van der Waals surface area contributed by atoms with Gasteiger partial charge < -0.3 is 5.73 Å². The van der Waals surface area contributed by atoms with Crippen LogP contribution < -0.4 is 10.7 Å². The maximum atomic E-state index is 13.3. The van der Waals surface area contributed by atoms with Gasteiger partial charge in [0.15, 0.2) is 0 Å². The van der Waals surface area contributed by atoms with E-state index >= 15 is 0 Å². The second-order valence-corrected chi connectivity index (χ2v) is 8.75. The van der Waals surface area contributed by atoms with E-state index in [4.69, 9.17) is 5.73 Å². The number of hydrogen-bond donors (Lipinski definition) is 1. The first-order valence-electron chi connectivity index (χ1n) is 9.51. The number of carbonyl (C=O) groups is 1. The SMILES string of the molecule is CCN(c1sc(C(=O)c2csc3ccccc23)c(N)c1C#N)N1CCCCC1. The number of thiophene rings is 2. The predicted molar refractivity (Wildman–Crippen MR) is 117 cm³/mol. The first-order valence-corrected chi connectivity index (χ1v) is 11.2. The van der Waals surface area contributed by atoms with Crippen LogP contribution in [0.4, 0.5) is 10.7 Å². The number of ketones is 1. The number of nitrogens with two attached hydrogens (primary N) is 1. The third kappa shape index (κ3) is 3.18. The van der Waals surface area contributed by atoms with Gasteiger partial charge in [-0.05, 0) is 25.8 Å². The van der Waals surface area contributed by atoms with Gasteiger partial charge in [-0.15, -0.1) is 22.7 Å². The highest BCUT2D eigenvalue weighted by molar-refractivity contribution is 7.20. The maximum Gasteiger partial charge on any atom is 0.206 e. The van der Waals surface area contributed by atoms with Crippen molar-refractivity contribution in [3.05, 3.63) is 45.6 Å². The minimum Gasteiger partial charge on any atom is -0.396 e. The van der Waals surface area contributed by atoms with Crippen LogP contribution in [0.1, 0.15) is 47.0 Å². The molecule has 0 unspecified atom stereocenters. The zero-order valence-electron chi connectivity index (χ0n) is 15.8. The summed E-state index contributed by atoms with van der Waals surface area (Å²) < 4.78 is 1.07. The molecule has 0 amide bonds. The molecule has 3 aromatic rings. The molecule has 2 aromatic heterocycles. The van der Waals surface area contributed by atoms with Gasteiger partial charge in [-0.3, -0.25) is 9.80 Å². The third-order valence-electron chi connectivity index (χ3n) is 5.18. The van der Waals surface area contributed by atoms with Gasteiger partial charge in [0.2, 0.25) is 5.78 Å². The van der Waals surface area contributed by atoms with Crippen molar-refractivity contribution < 1.29 is 4.79 Å². The number of nitrogens with zero attached hydrogens (tertiary/aromatic N) is 3. The van der Waals surface area contributed by atoms with Crippen molar-refractivity contribution in [1.29, 1.82) is 5.26 Å². The lowest BCUT2D eigenvalue weighted by molar-refractivity contribution is 0.104. The molecule has 0 bridgehead atoms. The Hall–Kier alpha value is -2.40. The molecule has 1 fully saturated rings. The Morgan fingerprint density at radius 1 is 1.29 bits per heavy atom. The van der Waals surface area contributed by atoms with Crippen LogP contribution >= 0.6 is 22.7 Å². The van der Waals surface area contributed by atoms with Gasteiger partial charge in [-0.2, -0.15) is 5.26 Å². The first-order chi connectivity index (χ1) is 13.7. The van der Waals surface area contributed by atoms with E-state index < -0.39 is 0 Å². The van der Waals surface area contributed by atoms with Gasteiger partial charge in [0.05, 0.1) is 5.69 Å². The molecule has 0 radical (unpaired) electrons. The Balaban J connectivity index is 1.76. The average molecular weight is 411 g/mol. The molecule has 28 heavy (non-hydrogen) atoms. The van der Waals surface area contributed by atoms with E-state index in [-0.39, 0.29) is 5.78 Å². The Bertz CT molecular complexity index is 1060. The van der Waals surface area contributed by atoms with Crippen LogP contribution in [-0.2, 0) is 0 Å². The molecule has 0 aliphatic carbocycles. The van der Waals surface area contributed by atoms with Crippen LogP contribution in [0.2, 0.25) is 0 Å². The Morgan fingerprint density at radius 3 is 2.75 bits per heavy atom. The molecule has 5 nitrogen and oxygen atoms in total. The Morgan fingerprint density at radius 2 is 2.04 bits per heavy atom. The molecule has 4 rings (SSSR count). The summed E-state index contributed by atoms with van der Waals surface area (Å²) in [5.41, 5.74) is 7.69. The van der Waals surface area contributed by atoms with Crippen LogP contribution in [0, 0.1) is 11.3 Å². The first kappa shape index (κ1) is 18.9. The summed E-state index contributed by atoms with van der Waals surface area (Å²) in [6, 6.07) is 10.1. The van der Waals surface area contributed by atoms with Crippen molar-refractivity contribution >= 4 is 49.2 Å². The van der Waals surface area contributed by atoms with Gasteiger partial charge in [-0.1, -0.05) is 24.6 Å². The molecule has 144 valence electrons. The molecule has 0 atom stereocenters. The predicted octanol–water partition coefficient (Wildman–Crippen LogP) is 4.87. The molecule has 1 saturated heterocycles. The van der Waals surface area contributed by atoms with Crippen LogP contribution in [0.25, 0.3) is 10.1 Å². The van der Waals surface area contributed by atoms with Gasteiger partial charge in [0.25, 0.3) is 0 Å². The van der Waals surface area contributed by atoms with Crippen LogP contribution in [0.3, 0.4) is 0 Å². The fourth-order valence-corrected chi connectivity index (χ4v) is 5.91. The lowest BCUT2D eigenvalue weighted by atomic mass is 10.1. The monoisotopic (exact) mass is 410 g/mol. The second kappa shape index (κ2) is 7.92. The number of hydrogen-bond acceptors (Lipinski definition) is 7. The Labute approximate surface area is 172 Å². The summed E-state index contributed by atoms with van der Waals surface area (Å²) in [4.78, 5) is 13.8. The third-order valence-corrected chi connectivity index (χ3v) is 7.36. The molecule has 1 aliphatic heterocycles. The second-order valence-electron chi connectivity index (χ2n) is 6.84. The standard InChI is InChI=1S/C21H22N4OS2/c1-2-25(24-10-6-3-7-11-24)21-15(12-22)18(23)20(28-21)19(26)16-13-27-17-9-5-4-8-14(16)17/h4-5,8-9,13H,2-3,6-7,10-11,23H2,1H3. The Kier molecular flexibility index (Phi) is 5.36. The number of benzene rings is 1. The van der Waals surface area contributed by atoms with Crippen molar-refractivity contribution in [2.45, 2.75) is 26.2 Å². The summed E-state index contributed by atoms with van der Waals surface area (Å²) in [5, 5.41) is 17.8. The summed E-state index contributed by atoms with van der Waals surface area (Å²) in [7, 11) is 0. The highest BCUT2D eigenvalue weighted by Gasteiger charge is 2.28. The summed E-state index contributed by atoms with van der Waals surface area (Å²) in [5.74, 6) is -0.0996. The van der Waals surface area contributed by atoms with Crippen LogP contribution in [0.15, 0.2) is 29.6 Å². The van der Waals surface area contributed by atoms with Crippen molar-refractivity contribution in [3.8, 4) is 6.07 Å². The minimum absolute atomic E-state index is 0.0996. The minimum atomic E-state index is -0.0996. The molecule has 2 N–H and O–H groups in total. The summed E-state index contributed by atoms with van der Waals surface area (Å²) in [6.45, 7) is 4.74. The van der Waals surface area contributed by atoms with Crippen molar-refractivity contribution in [2.75, 3.05) is 30.4 Å². The molecule has 3 heterocycles.